The number of piperidine rings is 1. The first-order valence-electron chi connectivity index (χ1n) is 5.35. The van der Waals surface area contributed by atoms with Crippen LogP contribution in [0, 0.1) is 5.92 Å². The molecule has 1 amide bonds. The van der Waals surface area contributed by atoms with Gasteiger partial charge in [0.15, 0.2) is 0 Å². The maximum absolute atomic E-state index is 11.6. The Bertz CT molecular complexity index is 232. The molecule has 1 saturated carbocycles. The summed E-state index contributed by atoms with van der Waals surface area (Å²) < 4.78 is 2.02. The van der Waals surface area contributed by atoms with E-state index in [0.717, 1.165) is 38.8 Å². The van der Waals surface area contributed by atoms with Crippen molar-refractivity contribution in [3.63, 3.8) is 0 Å². The summed E-state index contributed by atoms with van der Waals surface area (Å²) in [5.41, 5.74) is 0.0128. The van der Waals surface area contributed by atoms with Gasteiger partial charge in [0.25, 0.3) is 0 Å². The monoisotopic (exact) mass is 214 g/mol. The third-order valence-electron chi connectivity index (χ3n) is 3.22. The van der Waals surface area contributed by atoms with Gasteiger partial charge in [0, 0.05) is 24.5 Å². The second-order valence-electron chi connectivity index (χ2n) is 4.78. The highest BCUT2D eigenvalue weighted by molar-refractivity contribution is 7.77. The molecular formula is C10H18N2OS. The van der Waals surface area contributed by atoms with Gasteiger partial charge in [-0.2, -0.15) is 0 Å². The molecule has 4 heteroatoms. The van der Waals surface area contributed by atoms with Crippen molar-refractivity contribution in [3.05, 3.63) is 0 Å². The maximum atomic E-state index is 11.6. The lowest BCUT2D eigenvalue weighted by molar-refractivity contribution is -0.124. The second kappa shape index (κ2) is 3.74. The molecule has 1 heterocycles. The van der Waals surface area contributed by atoms with Gasteiger partial charge in [-0.3, -0.25) is 9.10 Å². The summed E-state index contributed by atoms with van der Waals surface area (Å²) in [4.78, 5) is 11.6. The quantitative estimate of drug-likeness (QED) is 0.677. The zero-order valence-electron chi connectivity index (χ0n) is 8.62. The Morgan fingerprint density at radius 1 is 1.43 bits per heavy atom. The normalized spacial score (nSPS) is 27.3. The minimum atomic E-state index is 0.0128. The van der Waals surface area contributed by atoms with E-state index in [9.17, 15) is 4.79 Å². The number of carbonyl (C=O) groups is 1. The molecule has 2 rings (SSSR count). The Balaban J connectivity index is 1.85. The van der Waals surface area contributed by atoms with Crippen LogP contribution in [0.4, 0.5) is 0 Å². The summed E-state index contributed by atoms with van der Waals surface area (Å²) in [7, 11) is 0. The van der Waals surface area contributed by atoms with Crippen LogP contribution >= 0.6 is 12.8 Å². The molecule has 1 aliphatic carbocycles. The fourth-order valence-corrected chi connectivity index (χ4v) is 2.06. The molecule has 0 atom stereocenters. The molecule has 2 fully saturated rings. The first-order valence-corrected chi connectivity index (χ1v) is 5.75. The molecule has 2 aliphatic rings. The van der Waals surface area contributed by atoms with Crippen molar-refractivity contribution in [3.8, 4) is 0 Å². The molecule has 0 aromatic rings. The molecule has 0 unspecified atom stereocenters. The zero-order chi connectivity index (χ0) is 10.2. The number of nitrogens with zero attached hydrogens (tertiary/aromatic N) is 1. The summed E-state index contributed by atoms with van der Waals surface area (Å²) >= 11 is 4.30. The van der Waals surface area contributed by atoms with Crippen LogP contribution in [0.3, 0.4) is 0 Å². The topological polar surface area (TPSA) is 32.3 Å². The van der Waals surface area contributed by atoms with Crippen LogP contribution in [0.25, 0.3) is 0 Å². The Labute approximate surface area is 90.8 Å². The largest absolute Gasteiger partial charge is 0.351 e. The number of hydrogen-bond donors (Lipinski definition) is 2. The Morgan fingerprint density at radius 3 is 2.50 bits per heavy atom. The molecule has 0 aromatic carbocycles. The third-order valence-corrected chi connectivity index (χ3v) is 3.62. The minimum Gasteiger partial charge on any atom is -0.351 e. The van der Waals surface area contributed by atoms with Crippen LogP contribution in [-0.4, -0.2) is 28.8 Å². The van der Waals surface area contributed by atoms with Gasteiger partial charge in [-0.25, -0.2) is 0 Å². The van der Waals surface area contributed by atoms with E-state index in [-0.39, 0.29) is 11.4 Å². The molecule has 1 N–H and O–H groups in total. The van der Waals surface area contributed by atoms with Crippen LogP contribution in [0.1, 0.15) is 32.6 Å². The van der Waals surface area contributed by atoms with Gasteiger partial charge in [0.05, 0.1) is 0 Å². The lowest BCUT2D eigenvalue weighted by Gasteiger charge is -2.38. The lowest BCUT2D eigenvalue weighted by atomic mass is 9.90. The number of amides is 1. The number of carbonyl (C=O) groups excluding carboxylic acids is 1. The van der Waals surface area contributed by atoms with Gasteiger partial charge in [-0.1, -0.05) is 12.8 Å². The van der Waals surface area contributed by atoms with E-state index in [1.54, 1.807) is 0 Å². The first kappa shape index (κ1) is 10.3. The number of rotatable bonds is 2. The van der Waals surface area contributed by atoms with Crippen molar-refractivity contribution in [2.24, 2.45) is 5.92 Å². The Kier molecular flexibility index (Phi) is 2.75. The van der Waals surface area contributed by atoms with Crippen LogP contribution in [0.5, 0.6) is 0 Å². The van der Waals surface area contributed by atoms with E-state index in [4.69, 9.17) is 0 Å². The predicted octanol–water partition coefficient (Wildman–Crippen LogP) is 1.21. The molecule has 14 heavy (non-hydrogen) atoms. The van der Waals surface area contributed by atoms with E-state index in [1.807, 2.05) is 4.31 Å². The zero-order valence-corrected chi connectivity index (χ0v) is 9.52. The average molecular weight is 214 g/mol. The van der Waals surface area contributed by atoms with E-state index in [2.05, 4.69) is 25.1 Å². The van der Waals surface area contributed by atoms with Crippen molar-refractivity contribution in [1.82, 2.24) is 9.62 Å². The first-order chi connectivity index (χ1) is 6.59. The van der Waals surface area contributed by atoms with Crippen LogP contribution in [0.2, 0.25) is 0 Å². The van der Waals surface area contributed by atoms with Gasteiger partial charge in [0.1, 0.15) is 0 Å². The molecule has 0 spiro atoms. The molecule has 0 aromatic heterocycles. The van der Waals surface area contributed by atoms with Crippen molar-refractivity contribution in [1.29, 1.82) is 0 Å². The van der Waals surface area contributed by atoms with Crippen molar-refractivity contribution >= 4 is 18.7 Å². The van der Waals surface area contributed by atoms with Crippen molar-refractivity contribution < 1.29 is 4.79 Å². The highest BCUT2D eigenvalue weighted by Gasteiger charge is 2.36. The number of thiol groups is 1. The molecular weight excluding hydrogens is 196 g/mol. The van der Waals surface area contributed by atoms with E-state index in [1.165, 1.54) is 0 Å². The molecule has 3 nitrogen and oxygen atoms in total. The predicted molar refractivity (Wildman–Crippen MR) is 59.1 cm³/mol. The fourth-order valence-electron chi connectivity index (χ4n) is 1.86. The third kappa shape index (κ3) is 2.42. The molecule has 80 valence electrons. The van der Waals surface area contributed by atoms with E-state index >= 15 is 0 Å². The van der Waals surface area contributed by atoms with Crippen LogP contribution < -0.4 is 5.32 Å². The summed E-state index contributed by atoms with van der Waals surface area (Å²) in [6.45, 7) is 4.07. The summed E-state index contributed by atoms with van der Waals surface area (Å²) in [5.74, 6) is 0.584. The van der Waals surface area contributed by atoms with Gasteiger partial charge in [0.2, 0.25) is 5.91 Å². The standard InChI is InChI=1S/C10H18N2OS/c1-10(4-6-12(14)7-5-10)11-9(13)8-2-3-8/h8,14H,2-7H2,1H3,(H,11,13). The minimum absolute atomic E-state index is 0.0128. The fraction of sp³-hybridized carbons (Fsp3) is 0.900. The van der Waals surface area contributed by atoms with E-state index in [0.29, 0.717) is 5.92 Å². The second-order valence-corrected chi connectivity index (χ2v) is 5.34. The SMILES string of the molecule is CC1(NC(=O)C2CC2)CCN(S)CC1. The summed E-state index contributed by atoms with van der Waals surface area (Å²) in [5, 5.41) is 3.18. The van der Waals surface area contributed by atoms with Gasteiger partial charge >= 0.3 is 0 Å². The number of hydrogen-bond acceptors (Lipinski definition) is 3. The molecule has 0 radical (unpaired) electrons. The molecule has 1 saturated heterocycles. The number of nitrogens with one attached hydrogen (secondary N) is 1. The van der Waals surface area contributed by atoms with Crippen molar-refractivity contribution in [2.75, 3.05) is 13.1 Å². The van der Waals surface area contributed by atoms with Gasteiger partial charge in [-0.15, -0.1) is 0 Å². The van der Waals surface area contributed by atoms with Crippen molar-refractivity contribution in [2.45, 2.75) is 38.1 Å². The highest BCUT2D eigenvalue weighted by Crippen LogP contribution is 2.31. The van der Waals surface area contributed by atoms with Crippen LogP contribution in [0.15, 0.2) is 0 Å². The van der Waals surface area contributed by atoms with Gasteiger partial charge in [-0.05, 0) is 32.6 Å². The van der Waals surface area contributed by atoms with Crippen LogP contribution in [-0.2, 0) is 4.79 Å². The highest BCUT2D eigenvalue weighted by atomic mass is 32.1. The van der Waals surface area contributed by atoms with E-state index < -0.39 is 0 Å². The Hall–Kier alpha value is -0.220. The smallest absolute Gasteiger partial charge is 0.223 e. The van der Waals surface area contributed by atoms with Gasteiger partial charge < -0.3 is 5.32 Å². The summed E-state index contributed by atoms with van der Waals surface area (Å²) in [6, 6.07) is 0. The summed E-state index contributed by atoms with van der Waals surface area (Å²) in [6.07, 6.45) is 4.19. The Morgan fingerprint density at radius 2 is 2.00 bits per heavy atom. The lowest BCUT2D eigenvalue weighted by Crippen LogP contribution is -2.52. The maximum Gasteiger partial charge on any atom is 0.223 e. The molecule has 1 aliphatic heterocycles. The molecule has 0 bridgehead atoms. The average Bonchev–Trinajstić information content (AvgIpc) is 2.93.